The molecule has 0 saturated carbocycles. The maximum atomic E-state index is 5.80. The van der Waals surface area contributed by atoms with Crippen LogP contribution < -0.4 is 14.8 Å². The largest absolute Gasteiger partial charge is 0.493 e. The van der Waals surface area contributed by atoms with Gasteiger partial charge in [-0.05, 0) is 40.7 Å². The first-order valence-corrected chi connectivity index (χ1v) is 6.91. The number of benzene rings is 1. The van der Waals surface area contributed by atoms with E-state index in [0.29, 0.717) is 18.1 Å². The molecule has 0 aliphatic rings. The minimum Gasteiger partial charge on any atom is -0.493 e. The first-order chi connectivity index (χ1) is 9.65. The van der Waals surface area contributed by atoms with E-state index in [4.69, 9.17) is 9.47 Å². The van der Waals surface area contributed by atoms with Crippen molar-refractivity contribution in [2.24, 2.45) is 7.05 Å². The lowest BCUT2D eigenvalue weighted by atomic mass is 10.2. The zero-order valence-corrected chi connectivity index (χ0v) is 13.3. The molecule has 0 aliphatic carbocycles. The van der Waals surface area contributed by atoms with Crippen molar-refractivity contribution in [2.45, 2.75) is 13.2 Å². The van der Waals surface area contributed by atoms with E-state index in [2.05, 4.69) is 31.3 Å². The molecule has 0 fully saturated rings. The van der Waals surface area contributed by atoms with E-state index in [1.165, 1.54) is 6.33 Å². The number of hydrogen-bond donors (Lipinski definition) is 1. The number of aromatic nitrogens is 3. The highest BCUT2D eigenvalue weighted by molar-refractivity contribution is 9.10. The summed E-state index contributed by atoms with van der Waals surface area (Å²) >= 11 is 3.52. The van der Waals surface area contributed by atoms with E-state index in [1.54, 1.807) is 11.8 Å². The zero-order valence-electron chi connectivity index (χ0n) is 11.7. The molecule has 1 heterocycles. The Balaban J connectivity index is 2.20. The third kappa shape index (κ3) is 3.29. The van der Waals surface area contributed by atoms with Crippen molar-refractivity contribution in [3.63, 3.8) is 0 Å². The molecule has 0 radical (unpaired) electrons. The monoisotopic (exact) mass is 340 g/mol. The predicted octanol–water partition coefficient (Wildman–Crippen LogP) is 1.88. The molecule has 0 bridgehead atoms. The van der Waals surface area contributed by atoms with Gasteiger partial charge in [-0.25, -0.2) is 4.98 Å². The van der Waals surface area contributed by atoms with Crippen molar-refractivity contribution < 1.29 is 9.47 Å². The quantitative estimate of drug-likeness (QED) is 0.869. The average molecular weight is 341 g/mol. The first-order valence-electron chi connectivity index (χ1n) is 6.12. The summed E-state index contributed by atoms with van der Waals surface area (Å²) in [6.45, 7) is 1.09. The summed E-state index contributed by atoms with van der Waals surface area (Å²) in [5.74, 6) is 2.10. The molecule has 7 heteroatoms. The number of methoxy groups -OCH3 is 1. The van der Waals surface area contributed by atoms with Crippen LogP contribution in [0, 0.1) is 0 Å². The van der Waals surface area contributed by atoms with Crippen molar-refractivity contribution in [1.29, 1.82) is 0 Å². The van der Waals surface area contributed by atoms with Gasteiger partial charge in [0.15, 0.2) is 17.3 Å². The molecular weight excluding hydrogens is 324 g/mol. The molecule has 0 spiro atoms. The van der Waals surface area contributed by atoms with Crippen LogP contribution in [0.5, 0.6) is 11.5 Å². The van der Waals surface area contributed by atoms with Crippen molar-refractivity contribution in [2.75, 3.05) is 14.2 Å². The van der Waals surface area contributed by atoms with Crippen LogP contribution in [-0.2, 0) is 20.2 Å². The van der Waals surface area contributed by atoms with E-state index in [9.17, 15) is 0 Å². The normalized spacial score (nSPS) is 10.6. The molecule has 2 rings (SSSR count). The third-order valence-electron chi connectivity index (χ3n) is 2.82. The lowest BCUT2D eigenvalue weighted by Gasteiger charge is -2.14. The Kier molecular flexibility index (Phi) is 4.97. The van der Waals surface area contributed by atoms with Crippen LogP contribution in [0.1, 0.15) is 11.4 Å². The number of halogens is 1. The van der Waals surface area contributed by atoms with Gasteiger partial charge in [0.25, 0.3) is 0 Å². The summed E-state index contributed by atoms with van der Waals surface area (Å²) in [6.07, 6.45) is 1.50. The Morgan fingerprint density at radius 3 is 2.80 bits per heavy atom. The number of aryl methyl sites for hydroxylation is 1. The molecule has 1 N–H and O–H groups in total. The molecule has 2 aromatic rings. The van der Waals surface area contributed by atoms with Gasteiger partial charge in [0.2, 0.25) is 0 Å². The molecule has 0 unspecified atom stereocenters. The fourth-order valence-electron chi connectivity index (χ4n) is 1.81. The predicted molar refractivity (Wildman–Crippen MR) is 78.8 cm³/mol. The summed E-state index contributed by atoms with van der Waals surface area (Å²) in [5, 5.41) is 7.11. The minimum atomic E-state index is 0.330. The Labute approximate surface area is 126 Å². The second kappa shape index (κ2) is 6.71. The molecular formula is C13H17BrN4O2. The Hall–Kier alpha value is -1.60. The van der Waals surface area contributed by atoms with Gasteiger partial charge in [0, 0.05) is 13.6 Å². The van der Waals surface area contributed by atoms with Crippen LogP contribution in [0.15, 0.2) is 22.9 Å². The number of nitrogens with zero attached hydrogens (tertiary/aromatic N) is 3. The van der Waals surface area contributed by atoms with Gasteiger partial charge in [-0.15, -0.1) is 0 Å². The van der Waals surface area contributed by atoms with Gasteiger partial charge in [-0.2, -0.15) is 5.10 Å². The lowest BCUT2D eigenvalue weighted by Crippen LogP contribution is -2.07. The molecule has 20 heavy (non-hydrogen) atoms. The highest BCUT2D eigenvalue weighted by atomic mass is 79.9. The smallest absolute Gasteiger partial charge is 0.176 e. The second-order valence-electron chi connectivity index (χ2n) is 4.23. The van der Waals surface area contributed by atoms with Gasteiger partial charge >= 0.3 is 0 Å². The number of ether oxygens (including phenoxy) is 2. The van der Waals surface area contributed by atoms with Gasteiger partial charge in [-0.3, -0.25) is 4.68 Å². The van der Waals surface area contributed by atoms with Crippen molar-refractivity contribution in [1.82, 2.24) is 20.1 Å². The summed E-state index contributed by atoms with van der Waals surface area (Å²) in [4.78, 5) is 4.12. The van der Waals surface area contributed by atoms with E-state index < -0.39 is 0 Å². The highest BCUT2D eigenvalue weighted by Gasteiger charge is 2.13. The Bertz CT molecular complexity index is 586. The summed E-state index contributed by atoms with van der Waals surface area (Å²) in [5.41, 5.74) is 1.11. The summed E-state index contributed by atoms with van der Waals surface area (Å²) in [7, 11) is 5.35. The van der Waals surface area contributed by atoms with Crippen LogP contribution in [-0.4, -0.2) is 28.9 Å². The average Bonchev–Trinajstić information content (AvgIpc) is 2.83. The van der Waals surface area contributed by atoms with E-state index in [-0.39, 0.29) is 0 Å². The molecule has 0 amide bonds. The second-order valence-corrected chi connectivity index (χ2v) is 5.08. The minimum absolute atomic E-state index is 0.330. The van der Waals surface area contributed by atoms with Crippen LogP contribution >= 0.6 is 15.9 Å². The number of rotatable bonds is 6. The van der Waals surface area contributed by atoms with Gasteiger partial charge < -0.3 is 14.8 Å². The van der Waals surface area contributed by atoms with Crippen molar-refractivity contribution in [3.05, 3.63) is 34.3 Å². The third-order valence-corrected chi connectivity index (χ3v) is 3.41. The van der Waals surface area contributed by atoms with Gasteiger partial charge in [-0.1, -0.05) is 0 Å². The van der Waals surface area contributed by atoms with Crippen molar-refractivity contribution >= 4 is 15.9 Å². The standard InChI is InChI=1S/C13H17BrN4O2/c1-15-6-9-4-10(14)13(11(5-9)19-3)20-7-12-16-8-17-18(12)2/h4-5,8,15H,6-7H2,1-3H3. The molecule has 0 atom stereocenters. The fourth-order valence-corrected chi connectivity index (χ4v) is 2.41. The van der Waals surface area contributed by atoms with Gasteiger partial charge in [0.1, 0.15) is 12.9 Å². The number of hydrogen-bond acceptors (Lipinski definition) is 5. The fraction of sp³-hybridized carbons (Fsp3) is 0.385. The molecule has 0 aliphatic heterocycles. The van der Waals surface area contributed by atoms with Crippen molar-refractivity contribution in [3.8, 4) is 11.5 Å². The maximum absolute atomic E-state index is 5.80. The zero-order chi connectivity index (χ0) is 14.5. The first kappa shape index (κ1) is 14.8. The highest BCUT2D eigenvalue weighted by Crippen LogP contribution is 2.37. The number of nitrogens with one attached hydrogen (secondary N) is 1. The Morgan fingerprint density at radius 1 is 1.40 bits per heavy atom. The van der Waals surface area contributed by atoms with E-state index in [0.717, 1.165) is 22.4 Å². The molecule has 1 aromatic heterocycles. The van der Waals surface area contributed by atoms with Crippen LogP contribution in [0.25, 0.3) is 0 Å². The molecule has 108 valence electrons. The molecule has 6 nitrogen and oxygen atoms in total. The van der Waals surface area contributed by atoms with Crippen LogP contribution in [0.3, 0.4) is 0 Å². The van der Waals surface area contributed by atoms with Gasteiger partial charge in [0.05, 0.1) is 11.6 Å². The summed E-state index contributed by atoms with van der Waals surface area (Å²) in [6, 6.07) is 3.96. The van der Waals surface area contributed by atoms with Crippen LogP contribution in [0.2, 0.25) is 0 Å². The molecule has 0 saturated heterocycles. The van der Waals surface area contributed by atoms with E-state index in [1.807, 2.05) is 26.2 Å². The maximum Gasteiger partial charge on any atom is 0.176 e. The molecule has 1 aromatic carbocycles. The SMILES string of the molecule is CNCc1cc(Br)c(OCc2ncnn2C)c(OC)c1. The van der Waals surface area contributed by atoms with Crippen LogP contribution in [0.4, 0.5) is 0 Å². The van der Waals surface area contributed by atoms with E-state index >= 15 is 0 Å². The summed E-state index contributed by atoms with van der Waals surface area (Å²) < 4.78 is 13.7. The Morgan fingerprint density at radius 2 is 2.20 bits per heavy atom. The topological polar surface area (TPSA) is 61.2 Å². The lowest BCUT2D eigenvalue weighted by molar-refractivity contribution is 0.269.